The number of rotatable bonds is 9. The zero-order chi connectivity index (χ0) is 18.9. The molecule has 144 valence electrons. The Morgan fingerprint density at radius 2 is 1.92 bits per heavy atom. The van der Waals surface area contributed by atoms with Gasteiger partial charge in [-0.1, -0.05) is 70.4 Å². The summed E-state index contributed by atoms with van der Waals surface area (Å²) in [5.74, 6) is 0.672. The summed E-state index contributed by atoms with van der Waals surface area (Å²) >= 11 is 1.65. The van der Waals surface area contributed by atoms with Crippen LogP contribution in [0.4, 0.5) is 0 Å². The number of thioether (sulfide) groups is 1. The van der Waals surface area contributed by atoms with E-state index in [4.69, 9.17) is 4.74 Å². The Bertz CT molecular complexity index is 576. The second-order valence-corrected chi connectivity index (χ2v) is 8.36. The lowest BCUT2D eigenvalue weighted by Crippen LogP contribution is -2.44. The number of hydrogen-bond acceptors (Lipinski definition) is 4. The average Bonchev–Trinajstić information content (AvgIpc) is 3.09. The van der Waals surface area contributed by atoms with Crippen LogP contribution in [0.25, 0.3) is 0 Å². The molecule has 26 heavy (non-hydrogen) atoms. The molecule has 5 heteroatoms. The van der Waals surface area contributed by atoms with Crippen LogP contribution in [0.1, 0.15) is 63.8 Å². The van der Waals surface area contributed by atoms with Crippen LogP contribution in [0.2, 0.25) is 0 Å². The van der Waals surface area contributed by atoms with Crippen molar-refractivity contribution in [1.29, 1.82) is 0 Å². The monoisotopic (exact) mass is 377 g/mol. The Balaban J connectivity index is 2.11. The van der Waals surface area contributed by atoms with E-state index in [1.807, 2.05) is 44.2 Å². The van der Waals surface area contributed by atoms with Crippen LogP contribution in [-0.4, -0.2) is 35.2 Å². The van der Waals surface area contributed by atoms with Gasteiger partial charge in [0.15, 0.2) is 0 Å². The van der Waals surface area contributed by atoms with Crippen LogP contribution in [0, 0.1) is 5.92 Å². The minimum atomic E-state index is -0.484. The van der Waals surface area contributed by atoms with Crippen LogP contribution < -0.4 is 0 Å². The third-order valence-electron chi connectivity index (χ3n) is 4.45. The lowest BCUT2D eigenvalue weighted by atomic mass is 10.1. The molecule has 1 aliphatic heterocycles. The molecule has 1 heterocycles. The van der Waals surface area contributed by atoms with E-state index in [2.05, 4.69) is 6.92 Å². The zero-order valence-electron chi connectivity index (χ0n) is 16.1. The summed E-state index contributed by atoms with van der Waals surface area (Å²) in [6, 6.07) is 9.49. The number of unbranched alkanes of at least 4 members (excludes halogenated alkanes) is 3. The van der Waals surface area contributed by atoms with Crippen molar-refractivity contribution in [3.05, 3.63) is 35.9 Å². The van der Waals surface area contributed by atoms with Gasteiger partial charge in [0.1, 0.15) is 11.4 Å². The molecule has 1 aromatic carbocycles. The van der Waals surface area contributed by atoms with E-state index in [-0.39, 0.29) is 23.2 Å². The van der Waals surface area contributed by atoms with Gasteiger partial charge in [0.2, 0.25) is 5.91 Å². The standard InChI is InChI=1S/C21H31NO3S/c1-4-5-6-10-13-19(23)22-18(21(24)25-14-16(2)3)15-26-20(22)17-11-8-7-9-12-17/h7-9,11-12,16,18,20H,4-6,10,13-15H2,1-3H3. The fourth-order valence-corrected chi connectivity index (χ4v) is 4.48. The van der Waals surface area contributed by atoms with Crippen LogP contribution in [0.5, 0.6) is 0 Å². The smallest absolute Gasteiger partial charge is 0.329 e. The van der Waals surface area contributed by atoms with Gasteiger partial charge in [0, 0.05) is 12.2 Å². The molecule has 1 aromatic rings. The molecule has 0 spiro atoms. The molecular formula is C21H31NO3S. The number of carbonyl (C=O) groups excluding carboxylic acids is 2. The van der Waals surface area contributed by atoms with E-state index in [1.165, 1.54) is 0 Å². The zero-order valence-corrected chi connectivity index (χ0v) is 17.0. The SMILES string of the molecule is CCCCCCC(=O)N1C(C(=O)OCC(C)C)CSC1c1ccccc1. The summed E-state index contributed by atoms with van der Waals surface area (Å²) in [7, 11) is 0. The quantitative estimate of drug-likeness (QED) is 0.458. The van der Waals surface area contributed by atoms with Gasteiger partial charge < -0.3 is 9.64 Å². The third kappa shape index (κ3) is 5.76. The predicted octanol–water partition coefficient (Wildman–Crippen LogP) is 4.80. The van der Waals surface area contributed by atoms with E-state index in [1.54, 1.807) is 16.7 Å². The molecule has 0 aliphatic carbocycles. The first-order chi connectivity index (χ1) is 12.5. The molecule has 1 amide bonds. The second-order valence-electron chi connectivity index (χ2n) is 7.25. The average molecular weight is 378 g/mol. The van der Waals surface area contributed by atoms with Crippen LogP contribution in [0.15, 0.2) is 30.3 Å². The van der Waals surface area contributed by atoms with E-state index in [0.717, 1.165) is 31.2 Å². The van der Waals surface area contributed by atoms with Gasteiger partial charge in [-0.2, -0.15) is 0 Å². The van der Waals surface area contributed by atoms with Gasteiger partial charge in [0.25, 0.3) is 0 Å². The molecule has 2 unspecified atom stereocenters. The Morgan fingerprint density at radius 1 is 1.19 bits per heavy atom. The second kappa shape index (κ2) is 10.6. The highest BCUT2D eigenvalue weighted by molar-refractivity contribution is 7.99. The number of esters is 1. The molecule has 0 radical (unpaired) electrons. The highest BCUT2D eigenvalue weighted by Crippen LogP contribution is 2.42. The lowest BCUT2D eigenvalue weighted by molar-refractivity contribution is -0.155. The summed E-state index contributed by atoms with van der Waals surface area (Å²) in [5, 5.41) is -0.105. The predicted molar refractivity (Wildman–Crippen MR) is 107 cm³/mol. The van der Waals surface area contributed by atoms with Crippen molar-refractivity contribution < 1.29 is 14.3 Å². The van der Waals surface area contributed by atoms with Gasteiger partial charge in [0.05, 0.1) is 6.61 Å². The van der Waals surface area contributed by atoms with Crippen molar-refractivity contribution in [2.75, 3.05) is 12.4 Å². The maximum Gasteiger partial charge on any atom is 0.329 e. The van der Waals surface area contributed by atoms with Gasteiger partial charge in [-0.15, -0.1) is 11.8 Å². The van der Waals surface area contributed by atoms with Crippen molar-refractivity contribution in [3.63, 3.8) is 0 Å². The fraction of sp³-hybridized carbons (Fsp3) is 0.619. The first-order valence-electron chi connectivity index (χ1n) is 9.69. The molecule has 4 nitrogen and oxygen atoms in total. The summed E-state index contributed by atoms with van der Waals surface area (Å²) in [5.41, 5.74) is 1.07. The highest BCUT2D eigenvalue weighted by Gasteiger charge is 2.42. The van der Waals surface area contributed by atoms with Crippen LogP contribution in [0.3, 0.4) is 0 Å². The first-order valence-corrected chi connectivity index (χ1v) is 10.7. The maximum absolute atomic E-state index is 13.0. The Kier molecular flexibility index (Phi) is 8.49. The molecule has 1 saturated heterocycles. The molecular weight excluding hydrogens is 346 g/mol. The number of ether oxygens (including phenoxy) is 1. The van der Waals surface area contributed by atoms with Gasteiger partial charge in [-0.05, 0) is 17.9 Å². The summed E-state index contributed by atoms with van der Waals surface area (Å²) < 4.78 is 5.45. The summed E-state index contributed by atoms with van der Waals surface area (Å²) in [6.45, 7) is 6.58. The van der Waals surface area contributed by atoms with Gasteiger partial charge >= 0.3 is 5.97 Å². The number of amides is 1. The molecule has 0 saturated carbocycles. The minimum Gasteiger partial charge on any atom is -0.464 e. The number of carbonyl (C=O) groups is 2. The van der Waals surface area contributed by atoms with Gasteiger partial charge in [-0.25, -0.2) is 4.79 Å². The van der Waals surface area contributed by atoms with E-state index < -0.39 is 6.04 Å². The van der Waals surface area contributed by atoms with E-state index in [0.29, 0.717) is 18.8 Å². The summed E-state index contributed by atoms with van der Waals surface area (Å²) in [6.07, 6.45) is 4.72. The normalized spacial score (nSPS) is 19.8. The largest absolute Gasteiger partial charge is 0.464 e. The van der Waals surface area contributed by atoms with Crippen molar-refractivity contribution in [2.24, 2.45) is 5.92 Å². The van der Waals surface area contributed by atoms with Crippen LogP contribution in [-0.2, 0) is 14.3 Å². The molecule has 0 bridgehead atoms. The molecule has 0 aromatic heterocycles. The van der Waals surface area contributed by atoms with Crippen molar-refractivity contribution in [1.82, 2.24) is 4.90 Å². The number of nitrogens with zero attached hydrogens (tertiary/aromatic N) is 1. The first kappa shape index (κ1) is 20.8. The third-order valence-corrected chi connectivity index (χ3v) is 5.77. The Hall–Kier alpha value is -1.49. The molecule has 1 aliphatic rings. The molecule has 2 atom stereocenters. The highest BCUT2D eigenvalue weighted by atomic mass is 32.2. The molecule has 2 rings (SSSR count). The molecule has 1 fully saturated rings. The number of benzene rings is 1. The summed E-state index contributed by atoms with van der Waals surface area (Å²) in [4.78, 5) is 27.3. The van der Waals surface area contributed by atoms with Crippen LogP contribution >= 0.6 is 11.8 Å². The molecule has 0 N–H and O–H groups in total. The Morgan fingerprint density at radius 3 is 2.58 bits per heavy atom. The van der Waals surface area contributed by atoms with Crippen molar-refractivity contribution in [2.45, 2.75) is 64.3 Å². The lowest BCUT2D eigenvalue weighted by Gasteiger charge is -2.29. The minimum absolute atomic E-state index is 0.0615. The van der Waals surface area contributed by atoms with E-state index in [9.17, 15) is 9.59 Å². The van der Waals surface area contributed by atoms with Crippen molar-refractivity contribution >= 4 is 23.6 Å². The number of hydrogen-bond donors (Lipinski definition) is 0. The topological polar surface area (TPSA) is 46.6 Å². The van der Waals surface area contributed by atoms with Gasteiger partial charge in [-0.3, -0.25) is 4.79 Å². The fourth-order valence-electron chi connectivity index (χ4n) is 3.04. The maximum atomic E-state index is 13.0. The van der Waals surface area contributed by atoms with E-state index >= 15 is 0 Å². The van der Waals surface area contributed by atoms with Crippen molar-refractivity contribution in [3.8, 4) is 0 Å². The Labute approximate surface area is 161 Å².